The van der Waals surface area contributed by atoms with E-state index in [1.54, 1.807) is 0 Å². The third-order valence-corrected chi connectivity index (χ3v) is 5.33. The number of aryl methyl sites for hydroxylation is 1. The van der Waals surface area contributed by atoms with Crippen molar-refractivity contribution in [1.82, 2.24) is 5.32 Å². The standard InChI is InChI=1S/C12H18BrNOS/c1-9-11(13)7-10(16-9)8-14-12(2)3-5-15-6-4-12/h7,14H,3-6,8H2,1-2H3. The summed E-state index contributed by atoms with van der Waals surface area (Å²) in [5, 5.41) is 3.66. The molecule has 1 saturated heterocycles. The van der Waals surface area contributed by atoms with Gasteiger partial charge in [-0.15, -0.1) is 11.3 Å². The molecule has 1 aromatic heterocycles. The fourth-order valence-electron chi connectivity index (χ4n) is 1.90. The molecule has 0 bridgehead atoms. The van der Waals surface area contributed by atoms with Gasteiger partial charge in [0.1, 0.15) is 0 Å². The molecule has 0 saturated carbocycles. The molecule has 0 unspecified atom stereocenters. The zero-order chi connectivity index (χ0) is 11.6. The molecule has 0 spiro atoms. The first-order valence-corrected chi connectivity index (χ1v) is 7.28. The summed E-state index contributed by atoms with van der Waals surface area (Å²) in [5.74, 6) is 0. The first-order valence-electron chi connectivity index (χ1n) is 5.67. The van der Waals surface area contributed by atoms with Crippen LogP contribution in [0.15, 0.2) is 10.5 Å². The normalized spacial score (nSPS) is 19.9. The highest BCUT2D eigenvalue weighted by Crippen LogP contribution is 2.27. The van der Waals surface area contributed by atoms with Crippen LogP contribution in [0.5, 0.6) is 0 Å². The summed E-state index contributed by atoms with van der Waals surface area (Å²) in [6.45, 7) is 7.18. The predicted octanol–water partition coefficient (Wildman–Crippen LogP) is 3.48. The van der Waals surface area contributed by atoms with E-state index in [2.05, 4.69) is 41.2 Å². The van der Waals surface area contributed by atoms with Crippen LogP contribution in [0.25, 0.3) is 0 Å². The number of halogens is 1. The Balaban J connectivity index is 1.91. The molecule has 0 amide bonds. The maximum absolute atomic E-state index is 5.40. The van der Waals surface area contributed by atoms with Crippen molar-refractivity contribution in [3.63, 3.8) is 0 Å². The highest BCUT2D eigenvalue weighted by molar-refractivity contribution is 9.10. The van der Waals surface area contributed by atoms with Crippen molar-refractivity contribution < 1.29 is 4.74 Å². The molecule has 2 heterocycles. The highest BCUT2D eigenvalue weighted by atomic mass is 79.9. The summed E-state index contributed by atoms with van der Waals surface area (Å²) in [4.78, 5) is 2.76. The molecule has 90 valence electrons. The summed E-state index contributed by atoms with van der Waals surface area (Å²) in [6.07, 6.45) is 2.22. The molecular formula is C12H18BrNOS. The van der Waals surface area contributed by atoms with Crippen LogP contribution in [0.1, 0.15) is 29.5 Å². The Bertz CT molecular complexity index is 338. The number of nitrogens with one attached hydrogen (secondary N) is 1. The minimum Gasteiger partial charge on any atom is -0.381 e. The lowest BCUT2D eigenvalue weighted by molar-refractivity contribution is 0.0447. The fourth-order valence-corrected chi connectivity index (χ4v) is 3.45. The first kappa shape index (κ1) is 12.6. The molecule has 0 aliphatic carbocycles. The predicted molar refractivity (Wildman–Crippen MR) is 72.1 cm³/mol. The third-order valence-electron chi connectivity index (χ3n) is 3.19. The molecule has 1 fully saturated rings. The van der Waals surface area contributed by atoms with E-state index in [9.17, 15) is 0 Å². The monoisotopic (exact) mass is 303 g/mol. The van der Waals surface area contributed by atoms with E-state index in [1.807, 2.05) is 11.3 Å². The van der Waals surface area contributed by atoms with Crippen molar-refractivity contribution in [3.05, 3.63) is 20.3 Å². The largest absolute Gasteiger partial charge is 0.381 e. The lowest BCUT2D eigenvalue weighted by Crippen LogP contribution is -2.46. The average molecular weight is 304 g/mol. The topological polar surface area (TPSA) is 21.3 Å². The molecule has 0 atom stereocenters. The molecule has 0 aromatic carbocycles. The summed E-state index contributed by atoms with van der Waals surface area (Å²) >= 11 is 5.42. The van der Waals surface area contributed by atoms with E-state index >= 15 is 0 Å². The minimum atomic E-state index is 0.253. The summed E-state index contributed by atoms with van der Waals surface area (Å²) in [7, 11) is 0. The molecule has 0 radical (unpaired) electrons. The summed E-state index contributed by atoms with van der Waals surface area (Å²) < 4.78 is 6.62. The van der Waals surface area contributed by atoms with Crippen molar-refractivity contribution in [2.24, 2.45) is 0 Å². The van der Waals surface area contributed by atoms with Gasteiger partial charge in [0, 0.05) is 39.5 Å². The second-order valence-electron chi connectivity index (χ2n) is 4.64. The summed E-state index contributed by atoms with van der Waals surface area (Å²) in [5.41, 5.74) is 0.253. The Kier molecular flexibility index (Phi) is 4.06. The quantitative estimate of drug-likeness (QED) is 0.923. The third kappa shape index (κ3) is 3.06. The Morgan fingerprint density at radius 3 is 2.75 bits per heavy atom. The second-order valence-corrected chi connectivity index (χ2v) is 6.84. The van der Waals surface area contributed by atoms with Crippen molar-refractivity contribution in [2.45, 2.75) is 38.8 Å². The maximum atomic E-state index is 5.40. The molecular weight excluding hydrogens is 286 g/mol. The van der Waals surface area contributed by atoms with Crippen LogP contribution >= 0.6 is 27.3 Å². The van der Waals surface area contributed by atoms with Gasteiger partial charge in [0.2, 0.25) is 0 Å². The lowest BCUT2D eigenvalue weighted by Gasteiger charge is -2.34. The van der Waals surface area contributed by atoms with Crippen LogP contribution < -0.4 is 5.32 Å². The van der Waals surface area contributed by atoms with Crippen LogP contribution in [-0.2, 0) is 11.3 Å². The smallest absolute Gasteiger partial charge is 0.0483 e. The number of rotatable bonds is 3. The van der Waals surface area contributed by atoms with E-state index < -0.39 is 0 Å². The van der Waals surface area contributed by atoms with Crippen molar-refractivity contribution in [3.8, 4) is 0 Å². The molecule has 1 N–H and O–H groups in total. The number of thiophene rings is 1. The van der Waals surface area contributed by atoms with Gasteiger partial charge in [0.15, 0.2) is 0 Å². The number of hydrogen-bond acceptors (Lipinski definition) is 3. The molecule has 16 heavy (non-hydrogen) atoms. The van der Waals surface area contributed by atoms with Gasteiger partial charge < -0.3 is 10.1 Å². The number of hydrogen-bond donors (Lipinski definition) is 1. The van der Waals surface area contributed by atoms with Crippen molar-refractivity contribution in [2.75, 3.05) is 13.2 Å². The van der Waals surface area contributed by atoms with Gasteiger partial charge in [0.05, 0.1) is 0 Å². The fraction of sp³-hybridized carbons (Fsp3) is 0.667. The molecule has 1 aromatic rings. The van der Waals surface area contributed by atoms with E-state index in [4.69, 9.17) is 4.74 Å². The SMILES string of the molecule is Cc1sc(CNC2(C)CCOCC2)cc1Br. The Hall–Kier alpha value is 0.100. The van der Waals surface area contributed by atoms with Gasteiger partial charge in [-0.2, -0.15) is 0 Å². The molecule has 1 aliphatic rings. The molecule has 2 rings (SSSR count). The Labute approximate surface area is 110 Å². The molecule has 4 heteroatoms. The van der Waals surface area contributed by atoms with Crippen LogP contribution in [0, 0.1) is 6.92 Å². The van der Waals surface area contributed by atoms with Gasteiger partial charge >= 0.3 is 0 Å². The lowest BCUT2D eigenvalue weighted by atomic mass is 9.92. The molecule has 1 aliphatic heterocycles. The van der Waals surface area contributed by atoms with Crippen molar-refractivity contribution >= 4 is 27.3 Å². The van der Waals surface area contributed by atoms with Crippen LogP contribution in [0.4, 0.5) is 0 Å². The maximum Gasteiger partial charge on any atom is 0.0483 e. The average Bonchev–Trinajstić information content (AvgIpc) is 2.57. The van der Waals surface area contributed by atoms with E-state index in [-0.39, 0.29) is 5.54 Å². The summed E-state index contributed by atoms with van der Waals surface area (Å²) in [6, 6.07) is 2.22. The number of ether oxygens (including phenoxy) is 1. The van der Waals surface area contributed by atoms with Crippen LogP contribution in [0.3, 0.4) is 0 Å². The Morgan fingerprint density at radius 2 is 2.19 bits per heavy atom. The molecule has 2 nitrogen and oxygen atoms in total. The van der Waals surface area contributed by atoms with Gasteiger partial charge in [-0.1, -0.05) is 0 Å². The van der Waals surface area contributed by atoms with Crippen molar-refractivity contribution in [1.29, 1.82) is 0 Å². The van der Waals surface area contributed by atoms with E-state index in [0.717, 1.165) is 32.6 Å². The zero-order valence-electron chi connectivity index (χ0n) is 9.81. The Morgan fingerprint density at radius 1 is 1.50 bits per heavy atom. The van der Waals surface area contributed by atoms with Gasteiger partial charge in [-0.25, -0.2) is 0 Å². The van der Waals surface area contributed by atoms with E-state index in [1.165, 1.54) is 14.2 Å². The zero-order valence-corrected chi connectivity index (χ0v) is 12.2. The highest BCUT2D eigenvalue weighted by Gasteiger charge is 2.26. The van der Waals surface area contributed by atoms with E-state index in [0.29, 0.717) is 0 Å². The van der Waals surface area contributed by atoms with Gasteiger partial charge in [0.25, 0.3) is 0 Å². The second kappa shape index (κ2) is 5.17. The van der Waals surface area contributed by atoms with Crippen LogP contribution in [-0.4, -0.2) is 18.8 Å². The van der Waals surface area contributed by atoms with Gasteiger partial charge in [-0.3, -0.25) is 0 Å². The van der Waals surface area contributed by atoms with Crippen LogP contribution in [0.2, 0.25) is 0 Å². The van der Waals surface area contributed by atoms with Gasteiger partial charge in [-0.05, 0) is 48.7 Å². The first-order chi connectivity index (χ1) is 7.59. The minimum absolute atomic E-state index is 0.253.